The van der Waals surface area contributed by atoms with Crippen LogP contribution >= 0.6 is 0 Å². The van der Waals surface area contributed by atoms with Gasteiger partial charge in [0, 0.05) is 37.8 Å². The minimum absolute atomic E-state index is 0.124. The van der Waals surface area contributed by atoms with Gasteiger partial charge in [0.05, 0.1) is 5.69 Å². The monoisotopic (exact) mass is 391 g/mol. The van der Waals surface area contributed by atoms with E-state index in [0.717, 1.165) is 31.7 Å². The molecule has 1 saturated heterocycles. The van der Waals surface area contributed by atoms with Crippen LogP contribution in [0.4, 0.5) is 15.9 Å². The van der Waals surface area contributed by atoms with Gasteiger partial charge in [-0.15, -0.1) is 0 Å². The maximum absolute atomic E-state index is 14.0. The molecule has 0 aliphatic carbocycles. The summed E-state index contributed by atoms with van der Waals surface area (Å²) in [6.07, 6.45) is 0. The van der Waals surface area contributed by atoms with Gasteiger partial charge in [0.2, 0.25) is 0 Å². The van der Waals surface area contributed by atoms with Gasteiger partial charge >= 0.3 is 0 Å². The first-order valence-corrected chi connectivity index (χ1v) is 9.54. The molecule has 0 radical (unpaired) electrons. The van der Waals surface area contributed by atoms with E-state index in [1.54, 1.807) is 18.2 Å². The van der Waals surface area contributed by atoms with E-state index in [9.17, 15) is 9.18 Å². The molecule has 1 amide bonds. The van der Waals surface area contributed by atoms with Gasteiger partial charge in [-0.25, -0.2) is 14.4 Å². The predicted octanol–water partition coefficient (Wildman–Crippen LogP) is 3.29. The lowest BCUT2D eigenvalue weighted by Crippen LogP contribution is -2.45. The van der Waals surface area contributed by atoms with Crippen LogP contribution in [0.2, 0.25) is 0 Å². The average Bonchev–Trinajstić information content (AvgIpc) is 2.76. The van der Waals surface area contributed by atoms with Gasteiger partial charge in [-0.1, -0.05) is 42.5 Å². The van der Waals surface area contributed by atoms with Crippen molar-refractivity contribution in [2.45, 2.75) is 0 Å². The number of anilines is 2. The molecule has 2 heterocycles. The Morgan fingerprint density at radius 2 is 1.66 bits per heavy atom. The molecule has 148 valence electrons. The molecular weight excluding hydrogens is 369 g/mol. The summed E-state index contributed by atoms with van der Waals surface area (Å²) in [5.41, 5.74) is 1.15. The maximum Gasteiger partial charge on any atom is 0.274 e. The zero-order valence-corrected chi connectivity index (χ0v) is 16.2. The van der Waals surface area contributed by atoms with Crippen LogP contribution in [0.15, 0.2) is 60.7 Å². The van der Waals surface area contributed by atoms with Crippen LogP contribution in [-0.4, -0.2) is 54.0 Å². The highest BCUT2D eigenvalue weighted by molar-refractivity contribution is 6.03. The molecular formula is C22H22FN5O. The van der Waals surface area contributed by atoms with Crippen molar-refractivity contribution in [3.05, 3.63) is 72.2 Å². The zero-order chi connectivity index (χ0) is 20.2. The smallest absolute Gasteiger partial charge is 0.274 e. The Kier molecular flexibility index (Phi) is 5.48. The lowest BCUT2D eigenvalue weighted by Gasteiger charge is -2.33. The molecule has 4 rings (SSSR count). The van der Waals surface area contributed by atoms with E-state index in [2.05, 4.69) is 27.1 Å². The van der Waals surface area contributed by atoms with Crippen LogP contribution in [0.3, 0.4) is 0 Å². The van der Waals surface area contributed by atoms with Crippen molar-refractivity contribution >= 4 is 17.4 Å². The molecule has 1 fully saturated rings. The maximum atomic E-state index is 14.0. The van der Waals surface area contributed by atoms with Crippen molar-refractivity contribution in [2.75, 3.05) is 43.4 Å². The van der Waals surface area contributed by atoms with E-state index in [0.29, 0.717) is 11.6 Å². The molecule has 1 N–H and O–H groups in total. The standard InChI is InChI=1S/C22H22FN5O/c1-27-11-13-28(14-12-27)20-15-19(22(29)25-18-10-6-5-9-17(18)23)24-21(26-20)16-7-3-2-4-8-16/h2-10,15H,11-14H2,1H3,(H,25,29). The Morgan fingerprint density at radius 1 is 0.966 bits per heavy atom. The Bertz CT molecular complexity index is 1000. The summed E-state index contributed by atoms with van der Waals surface area (Å²) >= 11 is 0. The van der Waals surface area contributed by atoms with Crippen LogP contribution < -0.4 is 10.2 Å². The Hall–Kier alpha value is -3.32. The van der Waals surface area contributed by atoms with Gasteiger partial charge in [0.15, 0.2) is 5.82 Å². The second-order valence-corrected chi connectivity index (χ2v) is 7.03. The fourth-order valence-electron chi connectivity index (χ4n) is 3.21. The van der Waals surface area contributed by atoms with Gasteiger partial charge in [-0.3, -0.25) is 4.79 Å². The molecule has 7 heteroatoms. The minimum atomic E-state index is -0.488. The molecule has 0 bridgehead atoms. The third-order valence-electron chi connectivity index (χ3n) is 4.93. The van der Waals surface area contributed by atoms with E-state index >= 15 is 0 Å². The van der Waals surface area contributed by atoms with E-state index in [4.69, 9.17) is 4.98 Å². The molecule has 0 unspecified atom stereocenters. The number of hydrogen-bond donors (Lipinski definition) is 1. The lowest BCUT2D eigenvalue weighted by molar-refractivity contribution is 0.102. The third-order valence-corrected chi connectivity index (χ3v) is 4.93. The molecule has 1 aromatic heterocycles. The first-order valence-electron chi connectivity index (χ1n) is 9.54. The first kappa shape index (κ1) is 19.0. The number of halogens is 1. The normalized spacial score (nSPS) is 14.6. The van der Waals surface area contributed by atoms with E-state index in [1.807, 2.05) is 30.3 Å². The van der Waals surface area contributed by atoms with Gasteiger partial charge < -0.3 is 15.1 Å². The number of hydrogen-bond acceptors (Lipinski definition) is 5. The third kappa shape index (κ3) is 4.41. The summed E-state index contributed by atoms with van der Waals surface area (Å²) in [7, 11) is 2.08. The SMILES string of the molecule is CN1CCN(c2cc(C(=O)Nc3ccccc3F)nc(-c3ccccc3)n2)CC1. The highest BCUT2D eigenvalue weighted by atomic mass is 19.1. The Labute approximate surface area is 169 Å². The van der Waals surface area contributed by atoms with Crippen LogP contribution in [0.1, 0.15) is 10.5 Å². The summed E-state index contributed by atoms with van der Waals surface area (Å²) in [4.78, 5) is 26.4. The largest absolute Gasteiger partial charge is 0.354 e. The van der Waals surface area contributed by atoms with Gasteiger partial charge in [-0.05, 0) is 19.2 Å². The highest BCUT2D eigenvalue weighted by Gasteiger charge is 2.20. The highest BCUT2D eigenvalue weighted by Crippen LogP contribution is 2.22. The number of carbonyl (C=O) groups excluding carboxylic acids is 1. The van der Waals surface area contributed by atoms with E-state index in [1.165, 1.54) is 12.1 Å². The number of piperazine rings is 1. The summed E-state index contributed by atoms with van der Waals surface area (Å²) in [5, 5.41) is 2.61. The number of aromatic nitrogens is 2. The molecule has 0 saturated carbocycles. The molecule has 1 aliphatic rings. The molecule has 0 spiro atoms. The molecule has 29 heavy (non-hydrogen) atoms. The number of nitrogens with one attached hydrogen (secondary N) is 1. The van der Waals surface area contributed by atoms with E-state index < -0.39 is 11.7 Å². The number of nitrogens with zero attached hydrogens (tertiary/aromatic N) is 4. The average molecular weight is 391 g/mol. The molecule has 6 nitrogen and oxygen atoms in total. The molecule has 1 aliphatic heterocycles. The first-order chi connectivity index (χ1) is 14.1. The fraction of sp³-hybridized carbons (Fsp3) is 0.227. The molecule has 0 atom stereocenters. The lowest BCUT2D eigenvalue weighted by atomic mass is 10.2. The topological polar surface area (TPSA) is 61.4 Å². The van der Waals surface area contributed by atoms with Crippen molar-refractivity contribution in [1.29, 1.82) is 0 Å². The Morgan fingerprint density at radius 3 is 2.38 bits per heavy atom. The number of likely N-dealkylation sites (N-methyl/N-ethyl adjacent to an activating group) is 1. The number of amides is 1. The van der Waals surface area contributed by atoms with Crippen LogP contribution in [0.5, 0.6) is 0 Å². The van der Waals surface area contributed by atoms with Gasteiger partial charge in [0.1, 0.15) is 17.3 Å². The fourth-order valence-corrected chi connectivity index (χ4v) is 3.21. The van der Waals surface area contributed by atoms with Crippen molar-refractivity contribution < 1.29 is 9.18 Å². The van der Waals surface area contributed by atoms with Gasteiger partial charge in [-0.2, -0.15) is 0 Å². The van der Waals surface area contributed by atoms with Crippen molar-refractivity contribution in [3.63, 3.8) is 0 Å². The number of rotatable bonds is 4. The zero-order valence-electron chi connectivity index (χ0n) is 16.2. The van der Waals surface area contributed by atoms with Crippen LogP contribution in [0.25, 0.3) is 11.4 Å². The van der Waals surface area contributed by atoms with Crippen molar-refractivity contribution in [1.82, 2.24) is 14.9 Å². The molecule has 3 aromatic rings. The van der Waals surface area contributed by atoms with Crippen LogP contribution in [0, 0.1) is 5.82 Å². The minimum Gasteiger partial charge on any atom is -0.354 e. The summed E-state index contributed by atoms with van der Waals surface area (Å²) in [5.74, 6) is 0.217. The van der Waals surface area contributed by atoms with Crippen molar-refractivity contribution in [3.8, 4) is 11.4 Å². The van der Waals surface area contributed by atoms with E-state index in [-0.39, 0.29) is 11.4 Å². The quantitative estimate of drug-likeness (QED) is 0.740. The summed E-state index contributed by atoms with van der Waals surface area (Å²) in [6, 6.07) is 17.3. The predicted molar refractivity (Wildman–Crippen MR) is 112 cm³/mol. The van der Waals surface area contributed by atoms with Gasteiger partial charge in [0.25, 0.3) is 5.91 Å². The number of benzene rings is 2. The summed E-state index contributed by atoms with van der Waals surface area (Å²) in [6.45, 7) is 3.47. The summed E-state index contributed by atoms with van der Waals surface area (Å²) < 4.78 is 14.0. The number of para-hydroxylation sites is 1. The van der Waals surface area contributed by atoms with Crippen LogP contribution in [-0.2, 0) is 0 Å². The Balaban J connectivity index is 1.69. The second kappa shape index (κ2) is 8.36. The van der Waals surface area contributed by atoms with Crippen molar-refractivity contribution in [2.24, 2.45) is 0 Å². The second-order valence-electron chi connectivity index (χ2n) is 7.03. The molecule has 2 aromatic carbocycles. The number of carbonyl (C=O) groups is 1.